The molecule has 0 aliphatic heterocycles. The van der Waals surface area contributed by atoms with Gasteiger partial charge >= 0.3 is 0 Å². The highest BCUT2D eigenvalue weighted by atomic mass is 16.6. The van der Waals surface area contributed by atoms with Gasteiger partial charge in [0.15, 0.2) is 0 Å². The van der Waals surface area contributed by atoms with Gasteiger partial charge in [0.2, 0.25) is 0 Å². The van der Waals surface area contributed by atoms with Crippen LogP contribution in [0.2, 0.25) is 0 Å². The van der Waals surface area contributed by atoms with Crippen molar-refractivity contribution < 1.29 is 4.84 Å². The molecule has 0 saturated heterocycles. The van der Waals surface area contributed by atoms with Gasteiger partial charge < -0.3 is 4.84 Å². The average Bonchev–Trinajstić information content (AvgIpc) is 2.33. The van der Waals surface area contributed by atoms with Crippen molar-refractivity contribution in [1.29, 1.82) is 0 Å². The van der Waals surface area contributed by atoms with Gasteiger partial charge in [-0.3, -0.25) is 0 Å². The number of rotatable bonds is 3. The molecule has 2 heteroatoms. The highest BCUT2D eigenvalue weighted by Gasteiger charge is 2.31. The lowest BCUT2D eigenvalue weighted by molar-refractivity contribution is -0.0483. The Kier molecular flexibility index (Phi) is 4.45. The van der Waals surface area contributed by atoms with Crippen LogP contribution in [0.5, 0.6) is 0 Å². The van der Waals surface area contributed by atoms with Gasteiger partial charge in [0.25, 0.3) is 0 Å². The second-order valence-corrected chi connectivity index (χ2v) is 5.40. The fraction of sp³-hybridized carbons (Fsp3) is 1.00. The van der Waals surface area contributed by atoms with Crippen LogP contribution in [0.4, 0.5) is 0 Å². The monoisotopic (exact) mass is 211 g/mol. The Labute approximate surface area is 93.5 Å². The maximum Gasteiger partial charge on any atom is 0.0843 e. The number of hydrogen-bond donors (Lipinski definition) is 1. The quantitative estimate of drug-likeness (QED) is 0.726. The SMILES string of the molecule is NOC(C1CCCCC1)C1CCCCC1. The largest absolute Gasteiger partial charge is 0.301 e. The van der Waals surface area contributed by atoms with Gasteiger partial charge in [0, 0.05) is 0 Å². The molecule has 0 aromatic rings. The Bertz CT molecular complexity index is 153. The second-order valence-electron chi connectivity index (χ2n) is 5.40. The molecule has 88 valence electrons. The Hall–Kier alpha value is -0.0800. The third-order valence-corrected chi connectivity index (χ3v) is 4.39. The van der Waals surface area contributed by atoms with Gasteiger partial charge in [-0.1, -0.05) is 38.5 Å². The van der Waals surface area contributed by atoms with Crippen LogP contribution in [0.1, 0.15) is 64.2 Å². The van der Waals surface area contributed by atoms with Crippen LogP contribution in [0.25, 0.3) is 0 Å². The molecule has 0 bridgehead atoms. The Morgan fingerprint density at radius 3 is 1.47 bits per heavy atom. The maximum absolute atomic E-state index is 5.53. The third kappa shape index (κ3) is 2.94. The highest BCUT2D eigenvalue weighted by molar-refractivity contribution is 4.81. The van der Waals surface area contributed by atoms with Gasteiger partial charge in [-0.15, -0.1) is 0 Å². The van der Waals surface area contributed by atoms with Gasteiger partial charge in [-0.25, -0.2) is 5.90 Å². The molecule has 0 aromatic heterocycles. The van der Waals surface area contributed by atoms with Crippen LogP contribution in [0, 0.1) is 11.8 Å². The Morgan fingerprint density at radius 2 is 1.13 bits per heavy atom. The summed E-state index contributed by atoms with van der Waals surface area (Å²) in [6.07, 6.45) is 14.1. The van der Waals surface area contributed by atoms with Crippen molar-refractivity contribution in [3.63, 3.8) is 0 Å². The Morgan fingerprint density at radius 1 is 0.733 bits per heavy atom. The van der Waals surface area contributed by atoms with Crippen molar-refractivity contribution in [2.75, 3.05) is 0 Å². The van der Waals surface area contributed by atoms with E-state index in [-0.39, 0.29) is 0 Å². The van der Waals surface area contributed by atoms with Crippen LogP contribution in [0.15, 0.2) is 0 Å². The summed E-state index contributed by atoms with van der Waals surface area (Å²) >= 11 is 0. The minimum absolute atomic E-state index is 0.366. The van der Waals surface area contributed by atoms with E-state index in [4.69, 9.17) is 10.7 Å². The highest BCUT2D eigenvalue weighted by Crippen LogP contribution is 2.36. The normalized spacial score (nSPS) is 26.0. The van der Waals surface area contributed by atoms with Gasteiger partial charge in [-0.2, -0.15) is 0 Å². The predicted molar refractivity (Wildman–Crippen MR) is 62.2 cm³/mol. The van der Waals surface area contributed by atoms with Crippen LogP contribution in [0.3, 0.4) is 0 Å². The summed E-state index contributed by atoms with van der Waals surface area (Å²) in [5.41, 5.74) is 0. The molecule has 2 saturated carbocycles. The molecule has 2 aliphatic rings. The van der Waals surface area contributed by atoms with Crippen LogP contribution in [-0.2, 0) is 4.84 Å². The molecule has 0 radical (unpaired) electrons. The van der Waals surface area contributed by atoms with Crippen molar-refractivity contribution in [2.24, 2.45) is 17.7 Å². The average molecular weight is 211 g/mol. The fourth-order valence-electron chi connectivity index (χ4n) is 3.53. The first kappa shape index (κ1) is 11.4. The van der Waals surface area contributed by atoms with Gasteiger partial charge in [0.05, 0.1) is 6.10 Å². The van der Waals surface area contributed by atoms with E-state index in [2.05, 4.69) is 0 Å². The smallest absolute Gasteiger partial charge is 0.0843 e. The number of hydrogen-bond acceptors (Lipinski definition) is 2. The second kappa shape index (κ2) is 5.86. The molecule has 2 N–H and O–H groups in total. The zero-order chi connectivity index (χ0) is 10.5. The summed E-state index contributed by atoms with van der Waals surface area (Å²) in [6, 6.07) is 0. The molecule has 0 aromatic carbocycles. The number of nitrogens with two attached hydrogens (primary N) is 1. The molecule has 0 spiro atoms. The predicted octanol–water partition coefficient (Wildman–Crippen LogP) is 3.41. The molecule has 0 heterocycles. The molecule has 2 fully saturated rings. The van der Waals surface area contributed by atoms with Crippen molar-refractivity contribution in [2.45, 2.75) is 70.3 Å². The summed E-state index contributed by atoms with van der Waals surface area (Å²) in [6.45, 7) is 0. The summed E-state index contributed by atoms with van der Waals surface area (Å²) in [5, 5.41) is 0. The molecular weight excluding hydrogens is 186 g/mol. The fourth-order valence-corrected chi connectivity index (χ4v) is 3.53. The minimum Gasteiger partial charge on any atom is -0.301 e. The Balaban J connectivity index is 1.88. The van der Waals surface area contributed by atoms with E-state index in [1.165, 1.54) is 64.2 Å². The van der Waals surface area contributed by atoms with Crippen molar-refractivity contribution in [1.82, 2.24) is 0 Å². The maximum atomic E-state index is 5.53. The zero-order valence-electron chi connectivity index (χ0n) is 9.79. The lowest BCUT2D eigenvalue weighted by Crippen LogP contribution is -2.36. The summed E-state index contributed by atoms with van der Waals surface area (Å²) in [4.78, 5) is 5.33. The molecule has 2 nitrogen and oxygen atoms in total. The molecular formula is C13H25NO. The van der Waals surface area contributed by atoms with Crippen LogP contribution < -0.4 is 5.90 Å². The molecule has 0 atom stereocenters. The zero-order valence-corrected chi connectivity index (χ0v) is 9.79. The van der Waals surface area contributed by atoms with Crippen LogP contribution in [-0.4, -0.2) is 6.10 Å². The summed E-state index contributed by atoms with van der Waals surface area (Å²) < 4.78 is 0. The molecule has 0 unspecified atom stereocenters. The van der Waals surface area contributed by atoms with E-state index in [1.54, 1.807) is 0 Å². The van der Waals surface area contributed by atoms with Crippen LogP contribution >= 0.6 is 0 Å². The lowest BCUT2D eigenvalue weighted by atomic mass is 9.75. The van der Waals surface area contributed by atoms with Crippen molar-refractivity contribution in [3.05, 3.63) is 0 Å². The van der Waals surface area contributed by atoms with Crippen molar-refractivity contribution >= 4 is 0 Å². The van der Waals surface area contributed by atoms with Gasteiger partial charge in [0.1, 0.15) is 0 Å². The first-order chi connectivity index (χ1) is 7.42. The van der Waals surface area contributed by atoms with E-state index in [9.17, 15) is 0 Å². The molecule has 2 aliphatic carbocycles. The van der Waals surface area contributed by atoms with E-state index in [0.29, 0.717) is 6.10 Å². The lowest BCUT2D eigenvalue weighted by Gasteiger charge is -2.36. The molecule has 0 amide bonds. The van der Waals surface area contributed by atoms with E-state index in [1.807, 2.05) is 0 Å². The first-order valence-corrected chi connectivity index (χ1v) is 6.77. The first-order valence-electron chi connectivity index (χ1n) is 6.77. The van der Waals surface area contributed by atoms with Gasteiger partial charge in [-0.05, 0) is 37.5 Å². The minimum atomic E-state index is 0.366. The third-order valence-electron chi connectivity index (χ3n) is 4.39. The van der Waals surface area contributed by atoms with E-state index >= 15 is 0 Å². The topological polar surface area (TPSA) is 35.2 Å². The van der Waals surface area contributed by atoms with E-state index in [0.717, 1.165) is 11.8 Å². The molecule has 15 heavy (non-hydrogen) atoms. The van der Waals surface area contributed by atoms with E-state index < -0.39 is 0 Å². The standard InChI is InChI=1S/C13H25NO/c14-15-13(11-7-3-1-4-8-11)12-9-5-2-6-10-12/h11-13H,1-10,14H2. The van der Waals surface area contributed by atoms with Crippen molar-refractivity contribution in [3.8, 4) is 0 Å². The summed E-state index contributed by atoms with van der Waals surface area (Å²) in [7, 11) is 0. The molecule has 2 rings (SSSR count). The summed E-state index contributed by atoms with van der Waals surface area (Å²) in [5.74, 6) is 7.05.